The molecule has 20 heavy (non-hydrogen) atoms. The number of phenols is 1. The van der Waals surface area contributed by atoms with E-state index in [0.717, 1.165) is 11.3 Å². The van der Waals surface area contributed by atoms with Crippen LogP contribution in [0.2, 0.25) is 0 Å². The number of aromatic nitrogens is 1. The normalized spacial score (nSPS) is 11.9. The van der Waals surface area contributed by atoms with Crippen LogP contribution in [-0.4, -0.2) is 16.8 Å². The molecule has 1 atom stereocenters. The SMILES string of the molecule is COc1cc(C(C)Nc2ccc(=O)n(C)c2)ccc1O. The maximum absolute atomic E-state index is 11.3. The Labute approximate surface area is 117 Å². The van der Waals surface area contributed by atoms with Crippen LogP contribution in [0.1, 0.15) is 18.5 Å². The largest absolute Gasteiger partial charge is 0.504 e. The van der Waals surface area contributed by atoms with E-state index in [1.807, 2.05) is 13.0 Å². The second-order valence-corrected chi connectivity index (χ2v) is 4.66. The fourth-order valence-corrected chi connectivity index (χ4v) is 1.98. The molecule has 0 amide bonds. The van der Waals surface area contributed by atoms with Crippen molar-refractivity contribution in [3.8, 4) is 11.5 Å². The molecule has 0 radical (unpaired) electrons. The number of methoxy groups -OCH3 is 1. The van der Waals surface area contributed by atoms with Crippen LogP contribution in [0.15, 0.2) is 41.3 Å². The number of nitrogens with zero attached hydrogens (tertiary/aromatic N) is 1. The smallest absolute Gasteiger partial charge is 0.250 e. The van der Waals surface area contributed by atoms with Crippen LogP contribution in [0.25, 0.3) is 0 Å². The summed E-state index contributed by atoms with van der Waals surface area (Å²) in [4.78, 5) is 11.3. The minimum absolute atomic E-state index is 0.0157. The summed E-state index contributed by atoms with van der Waals surface area (Å²) in [6.07, 6.45) is 1.75. The molecule has 1 unspecified atom stereocenters. The number of phenolic OH excluding ortho intramolecular Hbond substituents is 1. The van der Waals surface area contributed by atoms with Crippen molar-refractivity contribution in [2.45, 2.75) is 13.0 Å². The lowest BCUT2D eigenvalue weighted by molar-refractivity contribution is 0.373. The quantitative estimate of drug-likeness (QED) is 0.897. The van der Waals surface area contributed by atoms with Crippen LogP contribution in [0.5, 0.6) is 11.5 Å². The number of pyridine rings is 1. The summed E-state index contributed by atoms with van der Waals surface area (Å²) in [7, 11) is 3.23. The summed E-state index contributed by atoms with van der Waals surface area (Å²) in [5.41, 5.74) is 1.79. The van der Waals surface area contributed by atoms with E-state index >= 15 is 0 Å². The molecular formula is C15H18N2O3. The predicted octanol–water partition coefficient (Wildman–Crippen LogP) is 2.27. The van der Waals surface area contributed by atoms with Crippen LogP contribution in [0.3, 0.4) is 0 Å². The first-order chi connectivity index (χ1) is 9.51. The van der Waals surface area contributed by atoms with E-state index in [9.17, 15) is 9.90 Å². The van der Waals surface area contributed by atoms with Crippen molar-refractivity contribution in [1.29, 1.82) is 0 Å². The molecule has 2 N–H and O–H groups in total. The number of benzene rings is 1. The third-order valence-electron chi connectivity index (χ3n) is 3.17. The third kappa shape index (κ3) is 2.93. The predicted molar refractivity (Wildman–Crippen MR) is 78.4 cm³/mol. The van der Waals surface area contributed by atoms with Gasteiger partial charge < -0.3 is 19.7 Å². The van der Waals surface area contributed by atoms with Gasteiger partial charge in [0.05, 0.1) is 12.8 Å². The molecule has 1 heterocycles. The summed E-state index contributed by atoms with van der Waals surface area (Å²) in [6, 6.07) is 8.50. The molecule has 2 rings (SSSR count). The van der Waals surface area contributed by atoms with E-state index in [1.165, 1.54) is 17.7 Å². The Bertz CT molecular complexity index is 664. The highest BCUT2D eigenvalue weighted by molar-refractivity contribution is 5.47. The lowest BCUT2D eigenvalue weighted by Gasteiger charge is -2.17. The molecule has 0 aliphatic carbocycles. The van der Waals surface area contributed by atoms with Crippen molar-refractivity contribution in [1.82, 2.24) is 4.57 Å². The Hall–Kier alpha value is -2.43. The summed E-state index contributed by atoms with van der Waals surface area (Å²) in [5.74, 6) is 0.558. The monoisotopic (exact) mass is 274 g/mol. The summed E-state index contributed by atoms with van der Waals surface area (Å²) in [6.45, 7) is 2.00. The fraction of sp³-hybridized carbons (Fsp3) is 0.267. The van der Waals surface area contributed by atoms with E-state index in [-0.39, 0.29) is 17.4 Å². The van der Waals surface area contributed by atoms with E-state index in [0.29, 0.717) is 5.75 Å². The van der Waals surface area contributed by atoms with Gasteiger partial charge in [0.1, 0.15) is 0 Å². The van der Waals surface area contributed by atoms with Gasteiger partial charge >= 0.3 is 0 Å². The van der Waals surface area contributed by atoms with Gasteiger partial charge in [-0.05, 0) is 30.7 Å². The fourth-order valence-electron chi connectivity index (χ4n) is 1.98. The van der Waals surface area contributed by atoms with Gasteiger partial charge in [-0.15, -0.1) is 0 Å². The van der Waals surface area contributed by atoms with Crippen molar-refractivity contribution in [3.05, 3.63) is 52.4 Å². The molecule has 0 spiro atoms. The summed E-state index contributed by atoms with van der Waals surface area (Å²) in [5, 5.41) is 12.9. The molecule has 0 saturated heterocycles. The van der Waals surface area contributed by atoms with Gasteiger partial charge in [-0.1, -0.05) is 6.07 Å². The maximum atomic E-state index is 11.3. The Morgan fingerprint density at radius 1 is 1.30 bits per heavy atom. The Kier molecular flexibility index (Phi) is 3.98. The maximum Gasteiger partial charge on any atom is 0.250 e. The Morgan fingerprint density at radius 2 is 2.05 bits per heavy atom. The third-order valence-corrected chi connectivity index (χ3v) is 3.17. The molecular weight excluding hydrogens is 256 g/mol. The van der Waals surface area contributed by atoms with Crippen molar-refractivity contribution in [2.24, 2.45) is 7.05 Å². The molecule has 5 heteroatoms. The highest BCUT2D eigenvalue weighted by Crippen LogP contribution is 2.29. The molecule has 0 fully saturated rings. The van der Waals surface area contributed by atoms with E-state index in [1.54, 1.807) is 31.4 Å². The second kappa shape index (κ2) is 5.69. The Balaban J connectivity index is 2.21. The van der Waals surface area contributed by atoms with Crippen molar-refractivity contribution in [2.75, 3.05) is 12.4 Å². The topological polar surface area (TPSA) is 63.5 Å². The molecule has 0 bridgehead atoms. The number of aryl methyl sites for hydroxylation is 1. The van der Waals surface area contributed by atoms with Crippen LogP contribution < -0.4 is 15.6 Å². The molecule has 0 aliphatic rings. The molecule has 0 saturated carbocycles. The minimum Gasteiger partial charge on any atom is -0.504 e. The Morgan fingerprint density at radius 3 is 2.70 bits per heavy atom. The zero-order chi connectivity index (χ0) is 14.7. The zero-order valence-electron chi connectivity index (χ0n) is 11.8. The first-order valence-corrected chi connectivity index (χ1v) is 6.31. The van der Waals surface area contributed by atoms with Crippen LogP contribution >= 0.6 is 0 Å². The zero-order valence-corrected chi connectivity index (χ0v) is 11.8. The number of aromatic hydroxyl groups is 1. The first kappa shape index (κ1) is 14.0. The van der Waals surface area contributed by atoms with Crippen LogP contribution in [0.4, 0.5) is 5.69 Å². The van der Waals surface area contributed by atoms with E-state index < -0.39 is 0 Å². The van der Waals surface area contributed by atoms with Crippen molar-refractivity contribution in [3.63, 3.8) is 0 Å². The van der Waals surface area contributed by atoms with Gasteiger partial charge in [-0.2, -0.15) is 0 Å². The summed E-state index contributed by atoms with van der Waals surface area (Å²) < 4.78 is 6.62. The second-order valence-electron chi connectivity index (χ2n) is 4.66. The van der Waals surface area contributed by atoms with Gasteiger partial charge in [0.15, 0.2) is 11.5 Å². The van der Waals surface area contributed by atoms with Crippen molar-refractivity contribution >= 4 is 5.69 Å². The molecule has 106 valence electrons. The van der Waals surface area contributed by atoms with E-state index in [4.69, 9.17) is 4.74 Å². The lowest BCUT2D eigenvalue weighted by atomic mass is 10.1. The minimum atomic E-state index is -0.0468. The van der Waals surface area contributed by atoms with Gasteiger partial charge in [-0.25, -0.2) is 0 Å². The average Bonchev–Trinajstić information content (AvgIpc) is 2.43. The number of ether oxygens (including phenoxy) is 1. The number of rotatable bonds is 4. The molecule has 0 aliphatic heterocycles. The number of hydrogen-bond acceptors (Lipinski definition) is 4. The van der Waals surface area contributed by atoms with Gasteiger partial charge in [0.25, 0.3) is 0 Å². The molecule has 2 aromatic rings. The van der Waals surface area contributed by atoms with Crippen molar-refractivity contribution < 1.29 is 9.84 Å². The number of hydrogen-bond donors (Lipinski definition) is 2. The van der Waals surface area contributed by atoms with Gasteiger partial charge in [-0.3, -0.25) is 4.79 Å². The lowest BCUT2D eigenvalue weighted by Crippen LogP contribution is -2.16. The van der Waals surface area contributed by atoms with E-state index in [2.05, 4.69) is 5.32 Å². The standard InChI is InChI=1S/C15H18N2O3/c1-10(11-4-6-13(18)14(8-11)20-3)16-12-5-7-15(19)17(2)9-12/h4-10,16,18H,1-3H3. The molecule has 1 aromatic carbocycles. The summed E-state index contributed by atoms with van der Waals surface area (Å²) >= 11 is 0. The average molecular weight is 274 g/mol. The molecule has 1 aromatic heterocycles. The van der Waals surface area contributed by atoms with Gasteiger partial charge in [0.2, 0.25) is 5.56 Å². The van der Waals surface area contributed by atoms with Crippen LogP contribution in [0, 0.1) is 0 Å². The highest BCUT2D eigenvalue weighted by atomic mass is 16.5. The first-order valence-electron chi connectivity index (χ1n) is 6.31. The highest BCUT2D eigenvalue weighted by Gasteiger charge is 2.09. The van der Waals surface area contributed by atoms with Gasteiger partial charge in [0, 0.05) is 25.4 Å². The number of anilines is 1. The van der Waals surface area contributed by atoms with Crippen LogP contribution in [-0.2, 0) is 7.05 Å². The number of nitrogens with one attached hydrogen (secondary N) is 1. The molecule has 5 nitrogen and oxygen atoms in total.